The van der Waals surface area contributed by atoms with Gasteiger partial charge in [0, 0.05) is 32.1 Å². The third kappa shape index (κ3) is 5.66. The minimum Gasteiger partial charge on any atom is -0.383 e. The summed E-state index contributed by atoms with van der Waals surface area (Å²) in [6.45, 7) is 4.04. The second kappa shape index (κ2) is 8.28. The first kappa shape index (κ1) is 13.2. The highest BCUT2D eigenvalue weighted by atomic mass is 79.9. The fourth-order valence-corrected chi connectivity index (χ4v) is 2.60. The normalized spacial score (nSPS) is 11.1. The van der Waals surface area contributed by atoms with Crippen LogP contribution in [0.3, 0.4) is 0 Å². The summed E-state index contributed by atoms with van der Waals surface area (Å²) in [5, 5.41) is 5.39. The molecule has 0 amide bonds. The Morgan fingerprint density at radius 3 is 2.87 bits per heavy atom. The summed E-state index contributed by atoms with van der Waals surface area (Å²) in [5.74, 6) is 0. The van der Waals surface area contributed by atoms with Crippen LogP contribution in [0.25, 0.3) is 0 Å². The van der Waals surface area contributed by atoms with Crippen molar-refractivity contribution in [3.05, 3.63) is 22.4 Å². The summed E-state index contributed by atoms with van der Waals surface area (Å²) in [6, 6.07) is 2.20. The summed E-state index contributed by atoms with van der Waals surface area (Å²) >= 11 is 5.25. The lowest BCUT2D eigenvalue weighted by Crippen LogP contribution is -2.31. The van der Waals surface area contributed by atoms with Crippen molar-refractivity contribution in [1.82, 2.24) is 4.90 Å². The molecule has 0 radical (unpaired) electrons. The predicted molar refractivity (Wildman–Crippen MR) is 70.1 cm³/mol. The molecule has 0 bridgehead atoms. The second-order valence-corrected chi connectivity index (χ2v) is 4.98. The molecule has 0 saturated heterocycles. The summed E-state index contributed by atoms with van der Waals surface area (Å²) < 4.78 is 5.10. The highest BCUT2D eigenvalue weighted by Crippen LogP contribution is 2.07. The van der Waals surface area contributed by atoms with E-state index >= 15 is 0 Å². The van der Waals surface area contributed by atoms with Crippen LogP contribution in [-0.2, 0) is 11.2 Å². The predicted octanol–water partition coefficient (Wildman–Crippen LogP) is 2.63. The molecule has 1 aromatic heterocycles. The van der Waals surface area contributed by atoms with Crippen molar-refractivity contribution in [3.63, 3.8) is 0 Å². The van der Waals surface area contributed by atoms with Gasteiger partial charge < -0.3 is 4.74 Å². The molecule has 1 heterocycles. The SMILES string of the molecule is COCCN(CCBr)CCc1ccsc1. The molecule has 0 unspecified atom stereocenters. The summed E-state index contributed by atoms with van der Waals surface area (Å²) in [5.41, 5.74) is 1.44. The standard InChI is InChI=1S/C11H18BrNOS/c1-14-8-7-13(6-4-12)5-2-11-3-9-15-10-11/h3,9-10H,2,4-8H2,1H3. The molecular formula is C11H18BrNOS. The number of alkyl halides is 1. The van der Waals surface area contributed by atoms with Gasteiger partial charge in [0.2, 0.25) is 0 Å². The van der Waals surface area contributed by atoms with E-state index in [0.717, 1.165) is 38.0 Å². The van der Waals surface area contributed by atoms with Crippen LogP contribution in [0.2, 0.25) is 0 Å². The van der Waals surface area contributed by atoms with Gasteiger partial charge in [-0.05, 0) is 28.8 Å². The maximum Gasteiger partial charge on any atom is 0.0589 e. The molecule has 0 N–H and O–H groups in total. The van der Waals surface area contributed by atoms with Crippen LogP contribution in [0.5, 0.6) is 0 Å². The Kier molecular flexibility index (Phi) is 7.26. The van der Waals surface area contributed by atoms with E-state index in [4.69, 9.17) is 4.74 Å². The quantitative estimate of drug-likeness (QED) is 0.683. The van der Waals surface area contributed by atoms with Crippen LogP contribution >= 0.6 is 27.3 Å². The Hall–Kier alpha value is 0.1000. The number of hydrogen-bond donors (Lipinski definition) is 0. The summed E-state index contributed by atoms with van der Waals surface area (Å²) in [4.78, 5) is 2.43. The van der Waals surface area contributed by atoms with E-state index < -0.39 is 0 Å². The van der Waals surface area contributed by atoms with Gasteiger partial charge in [-0.1, -0.05) is 15.9 Å². The Bertz CT molecular complexity index is 241. The molecule has 86 valence electrons. The molecule has 0 aromatic carbocycles. The smallest absolute Gasteiger partial charge is 0.0589 e. The average molecular weight is 292 g/mol. The average Bonchev–Trinajstić information content (AvgIpc) is 2.75. The summed E-state index contributed by atoms with van der Waals surface area (Å²) in [6.07, 6.45) is 1.14. The number of halogens is 1. The first-order chi connectivity index (χ1) is 7.36. The number of hydrogen-bond acceptors (Lipinski definition) is 3. The van der Waals surface area contributed by atoms with Crippen LogP contribution in [0.15, 0.2) is 16.8 Å². The first-order valence-corrected chi connectivity index (χ1v) is 7.21. The van der Waals surface area contributed by atoms with Crippen LogP contribution in [0.1, 0.15) is 5.56 Å². The van der Waals surface area contributed by atoms with Crippen molar-refractivity contribution in [3.8, 4) is 0 Å². The third-order valence-electron chi connectivity index (χ3n) is 2.31. The van der Waals surface area contributed by atoms with Gasteiger partial charge in [-0.3, -0.25) is 4.90 Å². The molecule has 1 aromatic rings. The first-order valence-electron chi connectivity index (χ1n) is 5.15. The molecule has 0 aliphatic carbocycles. The molecule has 0 aliphatic rings. The van der Waals surface area contributed by atoms with E-state index in [-0.39, 0.29) is 0 Å². The molecule has 15 heavy (non-hydrogen) atoms. The molecular weight excluding hydrogens is 274 g/mol. The van der Waals surface area contributed by atoms with Crippen molar-refractivity contribution in [2.75, 3.05) is 38.7 Å². The van der Waals surface area contributed by atoms with Gasteiger partial charge in [-0.25, -0.2) is 0 Å². The van der Waals surface area contributed by atoms with E-state index in [2.05, 4.69) is 37.7 Å². The monoisotopic (exact) mass is 291 g/mol. The second-order valence-electron chi connectivity index (χ2n) is 3.41. The van der Waals surface area contributed by atoms with Gasteiger partial charge in [0.1, 0.15) is 0 Å². The van der Waals surface area contributed by atoms with Crippen LogP contribution in [0.4, 0.5) is 0 Å². The zero-order chi connectivity index (χ0) is 10.9. The zero-order valence-corrected chi connectivity index (χ0v) is 11.5. The number of rotatable bonds is 8. The van der Waals surface area contributed by atoms with Gasteiger partial charge >= 0.3 is 0 Å². The zero-order valence-electron chi connectivity index (χ0n) is 9.12. The fourth-order valence-electron chi connectivity index (χ4n) is 1.40. The lowest BCUT2D eigenvalue weighted by Gasteiger charge is -2.20. The fraction of sp³-hybridized carbons (Fsp3) is 0.636. The number of methoxy groups -OCH3 is 1. The van der Waals surface area contributed by atoms with E-state index in [0.29, 0.717) is 0 Å². The maximum absolute atomic E-state index is 5.10. The number of ether oxygens (including phenoxy) is 1. The Balaban J connectivity index is 2.24. The van der Waals surface area contributed by atoms with Crippen LogP contribution < -0.4 is 0 Å². The van der Waals surface area contributed by atoms with Gasteiger partial charge in [-0.2, -0.15) is 11.3 Å². The van der Waals surface area contributed by atoms with E-state index in [9.17, 15) is 0 Å². The number of thiophene rings is 1. The van der Waals surface area contributed by atoms with Crippen LogP contribution in [-0.4, -0.2) is 43.6 Å². The minimum atomic E-state index is 0.816. The Morgan fingerprint density at radius 2 is 2.27 bits per heavy atom. The lowest BCUT2D eigenvalue weighted by molar-refractivity contribution is 0.152. The molecule has 0 spiro atoms. The topological polar surface area (TPSA) is 12.5 Å². The molecule has 2 nitrogen and oxygen atoms in total. The summed E-state index contributed by atoms with van der Waals surface area (Å²) in [7, 11) is 1.76. The lowest BCUT2D eigenvalue weighted by atomic mass is 10.2. The van der Waals surface area contributed by atoms with Crippen molar-refractivity contribution in [2.45, 2.75) is 6.42 Å². The minimum absolute atomic E-state index is 0.816. The van der Waals surface area contributed by atoms with Crippen molar-refractivity contribution in [1.29, 1.82) is 0 Å². The van der Waals surface area contributed by atoms with Gasteiger partial charge in [-0.15, -0.1) is 0 Å². The van der Waals surface area contributed by atoms with Gasteiger partial charge in [0.05, 0.1) is 6.61 Å². The van der Waals surface area contributed by atoms with Crippen LogP contribution in [0, 0.1) is 0 Å². The molecule has 0 atom stereocenters. The number of nitrogens with zero attached hydrogens (tertiary/aromatic N) is 1. The maximum atomic E-state index is 5.10. The van der Waals surface area contributed by atoms with E-state index in [1.54, 1.807) is 18.4 Å². The van der Waals surface area contributed by atoms with E-state index in [1.165, 1.54) is 5.56 Å². The van der Waals surface area contributed by atoms with E-state index in [1.807, 2.05) is 0 Å². The molecule has 0 saturated carbocycles. The van der Waals surface area contributed by atoms with Crippen molar-refractivity contribution < 1.29 is 4.74 Å². The molecule has 0 aliphatic heterocycles. The molecule has 0 fully saturated rings. The highest BCUT2D eigenvalue weighted by molar-refractivity contribution is 9.09. The Morgan fingerprint density at radius 1 is 1.40 bits per heavy atom. The van der Waals surface area contributed by atoms with Gasteiger partial charge in [0.25, 0.3) is 0 Å². The molecule has 4 heteroatoms. The molecule has 1 rings (SSSR count). The van der Waals surface area contributed by atoms with Crippen molar-refractivity contribution in [2.24, 2.45) is 0 Å². The van der Waals surface area contributed by atoms with Gasteiger partial charge in [0.15, 0.2) is 0 Å². The van der Waals surface area contributed by atoms with Crippen molar-refractivity contribution >= 4 is 27.3 Å². The Labute approximate surface area is 104 Å². The highest BCUT2D eigenvalue weighted by Gasteiger charge is 2.04. The third-order valence-corrected chi connectivity index (χ3v) is 3.40. The largest absolute Gasteiger partial charge is 0.383 e.